The monoisotopic (exact) mass is 312 g/mol. The molecule has 1 aliphatic rings. The fourth-order valence-corrected chi connectivity index (χ4v) is 3.27. The quantitative estimate of drug-likeness (QED) is 0.823. The van der Waals surface area contributed by atoms with E-state index < -0.39 is 16.2 Å². The van der Waals surface area contributed by atoms with Gasteiger partial charge in [-0.15, -0.1) is 0 Å². The molecule has 21 heavy (non-hydrogen) atoms. The molecule has 1 aromatic carbocycles. The summed E-state index contributed by atoms with van der Waals surface area (Å²) in [7, 11) is -4.28. The zero-order valence-corrected chi connectivity index (χ0v) is 12.7. The summed E-state index contributed by atoms with van der Waals surface area (Å²) in [6.45, 7) is 5.79. The molecule has 2 rings (SSSR count). The van der Waals surface area contributed by atoms with Crippen LogP contribution in [0, 0.1) is 0 Å². The molecule has 114 valence electrons. The van der Waals surface area contributed by atoms with Gasteiger partial charge in [-0.1, -0.05) is 19.9 Å². The number of benzene rings is 1. The van der Waals surface area contributed by atoms with Gasteiger partial charge in [0.1, 0.15) is 4.90 Å². The number of hydrogen-bond acceptors (Lipinski definition) is 5. The van der Waals surface area contributed by atoms with Crippen LogP contribution < -0.4 is 10.6 Å². The van der Waals surface area contributed by atoms with Crippen LogP contribution in [0.15, 0.2) is 23.1 Å². The van der Waals surface area contributed by atoms with Gasteiger partial charge in [0.2, 0.25) is 5.91 Å². The predicted molar refractivity (Wildman–Crippen MR) is 75.3 cm³/mol. The zero-order valence-electron chi connectivity index (χ0n) is 11.9. The maximum Gasteiger partial charge on any atom is 0.420 e. The van der Waals surface area contributed by atoms with Crippen LogP contribution in [0.25, 0.3) is 0 Å². The van der Waals surface area contributed by atoms with Crippen molar-refractivity contribution in [3.05, 3.63) is 23.8 Å². The maximum absolute atomic E-state index is 11.9. The van der Waals surface area contributed by atoms with Crippen molar-refractivity contribution in [1.82, 2.24) is 0 Å². The summed E-state index contributed by atoms with van der Waals surface area (Å²) in [4.78, 5) is 23.6. The Morgan fingerprint density at radius 3 is 2.48 bits per heavy atom. The van der Waals surface area contributed by atoms with Crippen LogP contribution in [-0.2, 0) is 24.5 Å². The summed E-state index contributed by atoms with van der Waals surface area (Å²) in [6, 6.07) is 4.28. The summed E-state index contributed by atoms with van der Waals surface area (Å²) in [6.07, 6.45) is -1.40. The highest BCUT2D eigenvalue weighted by Crippen LogP contribution is 2.41. The van der Waals surface area contributed by atoms with E-state index in [9.17, 15) is 18.0 Å². The van der Waals surface area contributed by atoms with Gasteiger partial charge in [0, 0.05) is 24.6 Å². The Morgan fingerprint density at radius 2 is 1.95 bits per heavy atom. The van der Waals surface area contributed by atoms with E-state index in [1.165, 1.54) is 24.0 Å². The minimum atomic E-state index is -4.28. The first-order valence-electron chi connectivity index (χ1n) is 6.21. The number of rotatable bonds is 2. The molecule has 0 aromatic heterocycles. The molecule has 2 amide bonds. The first-order chi connectivity index (χ1) is 9.54. The third-order valence-electron chi connectivity index (χ3n) is 3.40. The Hall–Kier alpha value is -2.09. The van der Waals surface area contributed by atoms with Gasteiger partial charge in [-0.2, -0.15) is 8.42 Å². The van der Waals surface area contributed by atoms with Crippen LogP contribution in [0.5, 0.6) is 0 Å². The molecule has 0 saturated carbocycles. The van der Waals surface area contributed by atoms with Crippen molar-refractivity contribution < 1.29 is 22.2 Å². The van der Waals surface area contributed by atoms with Crippen molar-refractivity contribution in [1.29, 1.82) is 0 Å². The van der Waals surface area contributed by atoms with Crippen molar-refractivity contribution in [2.75, 3.05) is 11.4 Å². The zero-order chi connectivity index (χ0) is 16.0. The second-order valence-electron chi connectivity index (χ2n) is 5.52. The van der Waals surface area contributed by atoms with Gasteiger partial charge in [-0.3, -0.25) is 4.79 Å². The van der Waals surface area contributed by atoms with Crippen LogP contribution in [-0.4, -0.2) is 27.0 Å². The first kappa shape index (κ1) is 15.3. The highest BCUT2D eigenvalue weighted by molar-refractivity contribution is 7.87. The van der Waals surface area contributed by atoms with Crippen LogP contribution in [0.3, 0.4) is 0 Å². The number of primary amides is 1. The topological polar surface area (TPSA) is 107 Å². The molecule has 7 nitrogen and oxygen atoms in total. The van der Waals surface area contributed by atoms with Crippen molar-refractivity contribution in [2.24, 2.45) is 5.73 Å². The van der Waals surface area contributed by atoms with Gasteiger partial charge in [0.25, 0.3) is 0 Å². The van der Waals surface area contributed by atoms with Gasteiger partial charge in [-0.05, 0) is 17.7 Å². The summed E-state index contributed by atoms with van der Waals surface area (Å²) >= 11 is 0. The number of carbonyl (C=O) groups is 2. The van der Waals surface area contributed by atoms with Crippen LogP contribution >= 0.6 is 0 Å². The molecule has 1 heterocycles. The third kappa shape index (κ3) is 2.71. The van der Waals surface area contributed by atoms with E-state index >= 15 is 0 Å². The van der Waals surface area contributed by atoms with E-state index in [-0.39, 0.29) is 16.2 Å². The van der Waals surface area contributed by atoms with Gasteiger partial charge in [-0.25, -0.2) is 4.79 Å². The molecule has 1 aliphatic heterocycles. The average Bonchev–Trinajstić information content (AvgIpc) is 2.60. The standard InChI is InChI=1S/C13H16N2O5S/c1-8(16)15-7-13(2,3)10-5-4-9(6-11(10)15)21(18,19)20-12(14)17/h4-6H,7H2,1-3H3,(H2,14,17). The largest absolute Gasteiger partial charge is 0.420 e. The van der Waals surface area contributed by atoms with Crippen molar-refractivity contribution in [2.45, 2.75) is 31.1 Å². The second-order valence-corrected chi connectivity index (χ2v) is 7.07. The second kappa shape index (κ2) is 4.73. The van der Waals surface area contributed by atoms with E-state index in [1.54, 1.807) is 6.07 Å². The van der Waals surface area contributed by atoms with Crippen molar-refractivity contribution in [3.63, 3.8) is 0 Å². The van der Waals surface area contributed by atoms with Crippen molar-refractivity contribution in [3.8, 4) is 0 Å². The molecule has 2 N–H and O–H groups in total. The summed E-state index contributed by atoms with van der Waals surface area (Å²) in [5.41, 5.74) is 5.82. The molecule has 1 aromatic rings. The molecule has 0 aliphatic carbocycles. The van der Waals surface area contributed by atoms with E-state index in [2.05, 4.69) is 4.18 Å². The number of hydrogen-bond donors (Lipinski definition) is 1. The number of anilines is 1. The number of fused-ring (bicyclic) bond motifs is 1. The highest BCUT2D eigenvalue weighted by atomic mass is 32.2. The summed E-state index contributed by atoms with van der Waals surface area (Å²) in [5.74, 6) is -0.188. The Kier molecular flexibility index (Phi) is 3.45. The van der Waals surface area contributed by atoms with Gasteiger partial charge in [0.15, 0.2) is 0 Å². The number of carbonyl (C=O) groups excluding carboxylic acids is 2. The molecule has 0 atom stereocenters. The normalized spacial score (nSPS) is 16.4. The van der Waals surface area contributed by atoms with Gasteiger partial charge >= 0.3 is 16.2 Å². The minimum absolute atomic E-state index is 0.188. The Bertz CT molecular complexity index is 724. The van der Waals surface area contributed by atoms with E-state index in [0.717, 1.165) is 5.56 Å². The van der Waals surface area contributed by atoms with Crippen LogP contribution in [0.2, 0.25) is 0 Å². The van der Waals surface area contributed by atoms with Gasteiger partial charge < -0.3 is 14.8 Å². The lowest BCUT2D eigenvalue weighted by molar-refractivity contribution is -0.116. The lowest BCUT2D eigenvalue weighted by Crippen LogP contribution is -2.32. The molecule has 0 radical (unpaired) electrons. The number of nitrogens with two attached hydrogens (primary N) is 1. The Balaban J connectivity index is 2.55. The first-order valence-corrected chi connectivity index (χ1v) is 7.62. The lowest BCUT2D eigenvalue weighted by Gasteiger charge is -2.19. The molecule has 0 spiro atoms. The molecule has 0 fully saturated rings. The number of nitrogens with zero attached hydrogens (tertiary/aromatic N) is 1. The summed E-state index contributed by atoms with van der Waals surface area (Å²) in [5, 5.41) is 0. The van der Waals surface area contributed by atoms with E-state index in [4.69, 9.17) is 5.73 Å². The highest BCUT2D eigenvalue weighted by Gasteiger charge is 2.37. The van der Waals surface area contributed by atoms with Gasteiger partial charge in [0.05, 0.1) is 0 Å². The fourth-order valence-electron chi connectivity index (χ4n) is 2.47. The van der Waals surface area contributed by atoms with Crippen LogP contribution in [0.4, 0.5) is 10.5 Å². The maximum atomic E-state index is 11.9. The minimum Gasteiger partial charge on any atom is -0.334 e. The smallest absolute Gasteiger partial charge is 0.334 e. The van der Waals surface area contributed by atoms with E-state index in [1.807, 2.05) is 13.8 Å². The molecular weight excluding hydrogens is 296 g/mol. The van der Waals surface area contributed by atoms with Crippen molar-refractivity contribution >= 4 is 27.8 Å². The molecule has 0 saturated heterocycles. The molecular formula is C13H16N2O5S. The fraction of sp³-hybridized carbons (Fsp3) is 0.385. The molecule has 0 unspecified atom stereocenters. The number of amides is 2. The molecule has 0 bridgehead atoms. The summed E-state index contributed by atoms with van der Waals surface area (Å²) < 4.78 is 27.8. The lowest BCUT2D eigenvalue weighted by atomic mass is 9.87. The Labute approximate surface area is 122 Å². The predicted octanol–water partition coefficient (Wildman–Crippen LogP) is 1.11. The van der Waals surface area contributed by atoms with E-state index in [0.29, 0.717) is 12.2 Å². The average molecular weight is 312 g/mol. The van der Waals surface area contributed by atoms with Crippen LogP contribution in [0.1, 0.15) is 26.3 Å². The SMILES string of the molecule is CC(=O)N1CC(C)(C)c2ccc(S(=O)(=O)OC(N)=O)cc21. The Morgan fingerprint density at radius 1 is 1.33 bits per heavy atom. The molecule has 8 heteroatoms. The third-order valence-corrected chi connectivity index (χ3v) is 4.62.